The van der Waals surface area contributed by atoms with Crippen LogP contribution in [0.25, 0.3) is 0 Å². The number of carbonyl (C=O) groups is 1. The van der Waals surface area contributed by atoms with Gasteiger partial charge in [-0.1, -0.05) is 51.0 Å². The predicted octanol–water partition coefficient (Wildman–Crippen LogP) is 3.55. The van der Waals surface area contributed by atoms with Gasteiger partial charge in [0.2, 0.25) is 5.91 Å². The summed E-state index contributed by atoms with van der Waals surface area (Å²) in [4.78, 5) is 17.6. The maximum atomic E-state index is 12.7. The smallest absolute Gasteiger partial charge is 0.237 e. The maximum absolute atomic E-state index is 12.7. The molecule has 0 aromatic heterocycles. The van der Waals surface area contributed by atoms with Crippen molar-refractivity contribution in [2.75, 3.05) is 19.6 Å². The lowest BCUT2D eigenvalue weighted by atomic mass is 10.1. The summed E-state index contributed by atoms with van der Waals surface area (Å²) in [7, 11) is 0. The number of carbonyl (C=O) groups excluding carboxylic acids is 1. The Morgan fingerprint density at radius 3 is 2.35 bits per heavy atom. The molecule has 1 unspecified atom stereocenters. The van der Waals surface area contributed by atoms with Gasteiger partial charge in [0, 0.05) is 19.1 Å². The number of nitrogens with one attached hydrogen (secondary N) is 1. The zero-order chi connectivity index (χ0) is 18.4. The number of likely N-dealkylation sites (tertiary alicyclic amines) is 1. The van der Waals surface area contributed by atoms with E-state index in [9.17, 15) is 4.79 Å². The number of benzene rings is 1. The topological polar surface area (TPSA) is 35.6 Å². The average molecular weight is 358 g/mol. The van der Waals surface area contributed by atoms with E-state index in [1.54, 1.807) is 0 Å². The summed E-state index contributed by atoms with van der Waals surface area (Å²) >= 11 is 0. The fourth-order valence-corrected chi connectivity index (χ4v) is 4.52. The molecule has 1 N–H and O–H groups in total. The van der Waals surface area contributed by atoms with E-state index in [2.05, 4.69) is 53.2 Å². The minimum absolute atomic E-state index is 0.0973. The third-order valence-corrected chi connectivity index (χ3v) is 6.18. The van der Waals surface area contributed by atoms with Gasteiger partial charge in [-0.25, -0.2) is 0 Å². The van der Waals surface area contributed by atoms with Gasteiger partial charge in [-0.3, -0.25) is 14.6 Å². The number of amides is 1. The molecule has 0 spiro atoms. The van der Waals surface area contributed by atoms with Gasteiger partial charge in [0.15, 0.2) is 0 Å². The molecule has 3 rings (SSSR count). The molecule has 2 aliphatic rings. The van der Waals surface area contributed by atoms with Crippen molar-refractivity contribution in [2.24, 2.45) is 0 Å². The first-order valence-electron chi connectivity index (χ1n) is 10.5. The van der Waals surface area contributed by atoms with E-state index in [0.29, 0.717) is 12.6 Å². The summed E-state index contributed by atoms with van der Waals surface area (Å²) in [5.74, 6) is 0.224. The normalized spacial score (nSPS) is 21.6. The lowest BCUT2D eigenvalue weighted by Crippen LogP contribution is -2.46. The number of hydrogen-bond donors (Lipinski definition) is 1. The van der Waals surface area contributed by atoms with Crippen LogP contribution in [0, 0.1) is 0 Å². The van der Waals surface area contributed by atoms with Crippen LogP contribution in [0.1, 0.15) is 63.5 Å². The van der Waals surface area contributed by atoms with Gasteiger partial charge < -0.3 is 5.32 Å². The maximum Gasteiger partial charge on any atom is 0.237 e. The van der Waals surface area contributed by atoms with E-state index in [4.69, 9.17) is 0 Å². The third kappa shape index (κ3) is 4.86. The Morgan fingerprint density at radius 2 is 1.69 bits per heavy atom. The second kappa shape index (κ2) is 9.52. The molecule has 26 heavy (non-hydrogen) atoms. The summed E-state index contributed by atoms with van der Waals surface area (Å²) in [6.07, 6.45) is 7.39. The largest absolute Gasteiger partial charge is 0.351 e. The molecule has 1 aromatic rings. The Bertz CT molecular complexity index is 561. The van der Waals surface area contributed by atoms with E-state index >= 15 is 0 Å². The molecule has 1 aromatic carbocycles. The van der Waals surface area contributed by atoms with Crippen molar-refractivity contribution in [1.82, 2.24) is 15.1 Å². The van der Waals surface area contributed by atoms with Gasteiger partial charge in [0.25, 0.3) is 0 Å². The van der Waals surface area contributed by atoms with Crippen LogP contribution in [0.2, 0.25) is 0 Å². The summed E-state index contributed by atoms with van der Waals surface area (Å²) in [6.45, 7) is 9.29. The number of nitrogens with zero attached hydrogens (tertiary/aromatic N) is 2. The molecule has 1 heterocycles. The standard InChI is InChI=1S/C22H35N3O/c1-3-24(4-2)17-19-13-11-18(12-14-19)16-23-22(26)21-10-7-15-25(21)20-8-5-6-9-20/h11-14,20-21H,3-10,15-17H2,1-2H3,(H,23,26). The van der Waals surface area contributed by atoms with E-state index in [-0.39, 0.29) is 11.9 Å². The van der Waals surface area contributed by atoms with Crippen LogP contribution >= 0.6 is 0 Å². The quantitative estimate of drug-likeness (QED) is 0.773. The molecule has 1 saturated carbocycles. The van der Waals surface area contributed by atoms with Crippen molar-refractivity contribution < 1.29 is 4.79 Å². The first-order valence-corrected chi connectivity index (χ1v) is 10.5. The van der Waals surface area contributed by atoms with Crippen LogP contribution < -0.4 is 5.32 Å². The molecule has 1 amide bonds. The van der Waals surface area contributed by atoms with Gasteiger partial charge in [-0.2, -0.15) is 0 Å². The van der Waals surface area contributed by atoms with Crippen molar-refractivity contribution in [3.8, 4) is 0 Å². The van der Waals surface area contributed by atoms with E-state index < -0.39 is 0 Å². The first kappa shape index (κ1) is 19.4. The molecule has 1 atom stereocenters. The Hall–Kier alpha value is -1.39. The summed E-state index contributed by atoms with van der Waals surface area (Å²) in [5.41, 5.74) is 2.53. The van der Waals surface area contributed by atoms with Gasteiger partial charge in [-0.15, -0.1) is 0 Å². The van der Waals surface area contributed by atoms with Crippen LogP contribution in [0.15, 0.2) is 24.3 Å². The molecule has 0 radical (unpaired) electrons. The van der Waals surface area contributed by atoms with Crippen LogP contribution in [0.3, 0.4) is 0 Å². The molecule has 144 valence electrons. The van der Waals surface area contributed by atoms with Gasteiger partial charge in [-0.05, 0) is 56.4 Å². The highest BCUT2D eigenvalue weighted by Crippen LogP contribution is 2.30. The Balaban J connectivity index is 1.49. The number of hydrogen-bond acceptors (Lipinski definition) is 3. The van der Waals surface area contributed by atoms with Crippen molar-refractivity contribution in [1.29, 1.82) is 0 Å². The van der Waals surface area contributed by atoms with Crippen LogP contribution in [-0.4, -0.2) is 47.4 Å². The summed E-state index contributed by atoms with van der Waals surface area (Å²) in [6, 6.07) is 9.44. The molecule has 1 aliphatic carbocycles. The molecule has 4 heteroatoms. The van der Waals surface area contributed by atoms with Crippen LogP contribution in [0.4, 0.5) is 0 Å². The summed E-state index contributed by atoms with van der Waals surface area (Å²) < 4.78 is 0. The SMILES string of the molecule is CCN(CC)Cc1ccc(CNC(=O)C2CCCN2C2CCCC2)cc1. The molecular formula is C22H35N3O. The van der Waals surface area contributed by atoms with Crippen molar-refractivity contribution in [3.05, 3.63) is 35.4 Å². The molecule has 1 saturated heterocycles. The van der Waals surface area contributed by atoms with Gasteiger partial charge in [0.1, 0.15) is 0 Å². The van der Waals surface area contributed by atoms with Crippen molar-refractivity contribution in [3.63, 3.8) is 0 Å². The Labute approximate surface area is 158 Å². The van der Waals surface area contributed by atoms with Crippen LogP contribution in [0.5, 0.6) is 0 Å². The predicted molar refractivity (Wildman–Crippen MR) is 107 cm³/mol. The zero-order valence-electron chi connectivity index (χ0n) is 16.5. The monoisotopic (exact) mass is 357 g/mol. The van der Waals surface area contributed by atoms with E-state index in [1.165, 1.54) is 36.8 Å². The minimum atomic E-state index is 0.0973. The average Bonchev–Trinajstić information content (AvgIpc) is 3.36. The van der Waals surface area contributed by atoms with Gasteiger partial charge >= 0.3 is 0 Å². The third-order valence-electron chi connectivity index (χ3n) is 6.18. The molecule has 2 fully saturated rings. The van der Waals surface area contributed by atoms with Crippen LogP contribution in [-0.2, 0) is 17.9 Å². The highest BCUT2D eigenvalue weighted by Gasteiger charge is 2.36. The lowest BCUT2D eigenvalue weighted by Gasteiger charge is -2.29. The van der Waals surface area contributed by atoms with Crippen molar-refractivity contribution >= 4 is 5.91 Å². The second-order valence-electron chi connectivity index (χ2n) is 7.83. The van der Waals surface area contributed by atoms with E-state index in [1.807, 2.05) is 0 Å². The fourth-order valence-electron chi connectivity index (χ4n) is 4.52. The Morgan fingerprint density at radius 1 is 1.04 bits per heavy atom. The summed E-state index contributed by atoms with van der Waals surface area (Å²) in [5, 5.41) is 3.19. The fraction of sp³-hybridized carbons (Fsp3) is 0.682. The highest BCUT2D eigenvalue weighted by atomic mass is 16.2. The first-order chi connectivity index (χ1) is 12.7. The van der Waals surface area contributed by atoms with Gasteiger partial charge in [0.05, 0.1) is 6.04 Å². The zero-order valence-corrected chi connectivity index (χ0v) is 16.5. The number of rotatable bonds is 8. The minimum Gasteiger partial charge on any atom is -0.351 e. The second-order valence-corrected chi connectivity index (χ2v) is 7.83. The molecular weight excluding hydrogens is 322 g/mol. The van der Waals surface area contributed by atoms with E-state index in [0.717, 1.165) is 39.0 Å². The highest BCUT2D eigenvalue weighted by molar-refractivity contribution is 5.82. The Kier molecular flexibility index (Phi) is 7.09. The van der Waals surface area contributed by atoms with Crippen molar-refractivity contribution in [2.45, 2.75) is 77.5 Å². The molecule has 4 nitrogen and oxygen atoms in total. The molecule has 0 bridgehead atoms. The molecule has 1 aliphatic heterocycles. The lowest BCUT2D eigenvalue weighted by molar-refractivity contribution is -0.126.